The molecule has 0 fully saturated rings. The highest BCUT2D eigenvalue weighted by Crippen LogP contribution is 2.20. The number of anilines is 1. The largest absolute Gasteiger partial charge is 0.383 e. The smallest absolute Gasteiger partial charge is 0.140 e. The van der Waals surface area contributed by atoms with Crippen LogP contribution in [-0.2, 0) is 6.54 Å². The van der Waals surface area contributed by atoms with Gasteiger partial charge in [0.25, 0.3) is 0 Å². The van der Waals surface area contributed by atoms with E-state index in [1.165, 1.54) is 16.7 Å². The minimum atomic E-state index is 0.505. The Bertz CT molecular complexity index is 517. The van der Waals surface area contributed by atoms with Gasteiger partial charge in [-0.1, -0.05) is 29.8 Å². The summed E-state index contributed by atoms with van der Waals surface area (Å²) in [5.74, 6) is 0.516. The van der Waals surface area contributed by atoms with Crippen LogP contribution in [0.15, 0.2) is 24.4 Å². The molecule has 0 aliphatic carbocycles. The van der Waals surface area contributed by atoms with Gasteiger partial charge in [-0.2, -0.15) is 5.10 Å². The fourth-order valence-corrected chi connectivity index (χ4v) is 1.78. The molecule has 2 aromatic rings. The van der Waals surface area contributed by atoms with Gasteiger partial charge in [-0.25, -0.2) is 4.68 Å². The van der Waals surface area contributed by atoms with Gasteiger partial charge in [-0.05, 0) is 30.5 Å². The summed E-state index contributed by atoms with van der Waals surface area (Å²) >= 11 is 5.86. The molecule has 2 rings (SSSR count). The zero-order valence-electron chi connectivity index (χ0n) is 9.37. The molecule has 3 nitrogen and oxygen atoms in total. The van der Waals surface area contributed by atoms with E-state index in [4.69, 9.17) is 17.3 Å². The van der Waals surface area contributed by atoms with Gasteiger partial charge in [0.15, 0.2) is 0 Å². The first-order chi connectivity index (χ1) is 7.59. The molecule has 0 saturated carbocycles. The van der Waals surface area contributed by atoms with Gasteiger partial charge >= 0.3 is 0 Å². The van der Waals surface area contributed by atoms with Crippen molar-refractivity contribution >= 4 is 17.4 Å². The van der Waals surface area contributed by atoms with Crippen LogP contribution in [0.3, 0.4) is 0 Å². The lowest BCUT2D eigenvalue weighted by atomic mass is 10.0. The Morgan fingerprint density at radius 1 is 1.38 bits per heavy atom. The summed E-state index contributed by atoms with van der Waals surface area (Å²) < 4.78 is 1.71. The van der Waals surface area contributed by atoms with Gasteiger partial charge in [0, 0.05) is 0 Å². The SMILES string of the molecule is Cc1cccc(Cn2ncc(Cl)c2N)c1C. The van der Waals surface area contributed by atoms with Gasteiger partial charge in [0.05, 0.1) is 12.7 Å². The number of halogens is 1. The van der Waals surface area contributed by atoms with E-state index in [2.05, 4.69) is 31.1 Å². The second-order valence-corrected chi connectivity index (χ2v) is 4.30. The second kappa shape index (κ2) is 4.18. The summed E-state index contributed by atoms with van der Waals surface area (Å²) in [6, 6.07) is 6.22. The molecule has 16 heavy (non-hydrogen) atoms. The predicted molar refractivity (Wildman–Crippen MR) is 66.7 cm³/mol. The van der Waals surface area contributed by atoms with E-state index >= 15 is 0 Å². The van der Waals surface area contributed by atoms with E-state index in [-0.39, 0.29) is 0 Å². The molecule has 0 saturated heterocycles. The first-order valence-electron chi connectivity index (χ1n) is 5.11. The molecule has 1 heterocycles. The fourth-order valence-electron chi connectivity index (χ4n) is 1.64. The Labute approximate surface area is 99.8 Å². The molecule has 0 spiro atoms. The molecule has 84 valence electrons. The lowest BCUT2D eigenvalue weighted by Crippen LogP contribution is -2.07. The summed E-state index contributed by atoms with van der Waals surface area (Å²) in [5, 5.41) is 4.65. The molecule has 4 heteroatoms. The maximum atomic E-state index is 5.86. The Morgan fingerprint density at radius 2 is 2.12 bits per heavy atom. The summed E-state index contributed by atoms with van der Waals surface area (Å²) in [5.41, 5.74) is 9.57. The quantitative estimate of drug-likeness (QED) is 0.870. The van der Waals surface area contributed by atoms with Gasteiger partial charge in [-0.3, -0.25) is 0 Å². The molecule has 0 aliphatic heterocycles. The molecular formula is C12H14ClN3. The molecule has 1 aromatic heterocycles. The Kier molecular flexibility index (Phi) is 2.88. The van der Waals surface area contributed by atoms with Crippen molar-refractivity contribution in [3.8, 4) is 0 Å². The molecule has 1 aromatic carbocycles. The first-order valence-corrected chi connectivity index (χ1v) is 5.49. The molecule has 0 unspecified atom stereocenters. The predicted octanol–water partition coefficient (Wildman–Crippen LogP) is 2.78. The van der Waals surface area contributed by atoms with E-state index in [9.17, 15) is 0 Å². The third kappa shape index (κ3) is 1.91. The van der Waals surface area contributed by atoms with Crippen molar-refractivity contribution < 1.29 is 0 Å². The maximum Gasteiger partial charge on any atom is 0.140 e. The van der Waals surface area contributed by atoms with E-state index in [0.717, 1.165) is 0 Å². The lowest BCUT2D eigenvalue weighted by Gasteiger charge is -2.09. The highest BCUT2D eigenvalue weighted by molar-refractivity contribution is 6.32. The van der Waals surface area contributed by atoms with Crippen LogP contribution in [0.5, 0.6) is 0 Å². The summed E-state index contributed by atoms with van der Waals surface area (Å²) in [6.45, 7) is 4.86. The van der Waals surface area contributed by atoms with E-state index in [1.54, 1.807) is 10.9 Å². The molecule has 2 N–H and O–H groups in total. The number of benzene rings is 1. The zero-order chi connectivity index (χ0) is 11.7. The maximum absolute atomic E-state index is 5.86. The van der Waals surface area contributed by atoms with Crippen molar-refractivity contribution in [3.63, 3.8) is 0 Å². The van der Waals surface area contributed by atoms with E-state index in [0.29, 0.717) is 17.4 Å². The van der Waals surface area contributed by atoms with Crippen LogP contribution in [0.25, 0.3) is 0 Å². The normalized spacial score (nSPS) is 10.7. The van der Waals surface area contributed by atoms with Crippen LogP contribution >= 0.6 is 11.6 Å². The monoisotopic (exact) mass is 235 g/mol. The van der Waals surface area contributed by atoms with Gasteiger partial charge in [0.2, 0.25) is 0 Å². The number of nitrogens with two attached hydrogens (primary N) is 1. The number of hydrogen-bond donors (Lipinski definition) is 1. The van der Waals surface area contributed by atoms with Crippen LogP contribution < -0.4 is 5.73 Å². The summed E-state index contributed by atoms with van der Waals surface area (Å²) in [4.78, 5) is 0. The van der Waals surface area contributed by atoms with Crippen LogP contribution in [0.2, 0.25) is 5.02 Å². The number of nitrogen functional groups attached to an aromatic ring is 1. The summed E-state index contributed by atoms with van der Waals surface area (Å²) in [7, 11) is 0. The molecule has 0 aliphatic rings. The van der Waals surface area contributed by atoms with Crippen LogP contribution in [-0.4, -0.2) is 9.78 Å². The second-order valence-electron chi connectivity index (χ2n) is 3.89. The van der Waals surface area contributed by atoms with Crippen LogP contribution in [0.4, 0.5) is 5.82 Å². The average molecular weight is 236 g/mol. The summed E-state index contributed by atoms with van der Waals surface area (Å²) in [6.07, 6.45) is 1.57. The molecule has 0 atom stereocenters. The number of aryl methyl sites for hydroxylation is 1. The Morgan fingerprint density at radius 3 is 2.75 bits per heavy atom. The van der Waals surface area contributed by atoms with Crippen molar-refractivity contribution in [3.05, 3.63) is 46.1 Å². The minimum Gasteiger partial charge on any atom is -0.383 e. The van der Waals surface area contributed by atoms with E-state index in [1.807, 2.05) is 6.07 Å². The Hall–Kier alpha value is -1.48. The molecule has 0 amide bonds. The minimum absolute atomic E-state index is 0.505. The molecule has 0 radical (unpaired) electrons. The van der Waals surface area contributed by atoms with Crippen molar-refractivity contribution in [2.24, 2.45) is 0 Å². The van der Waals surface area contributed by atoms with E-state index < -0.39 is 0 Å². The van der Waals surface area contributed by atoms with Crippen molar-refractivity contribution in [2.75, 3.05) is 5.73 Å². The highest BCUT2D eigenvalue weighted by Gasteiger charge is 2.07. The highest BCUT2D eigenvalue weighted by atomic mass is 35.5. The van der Waals surface area contributed by atoms with Gasteiger partial charge in [-0.15, -0.1) is 0 Å². The number of rotatable bonds is 2. The number of nitrogens with zero attached hydrogens (tertiary/aromatic N) is 2. The molecular weight excluding hydrogens is 222 g/mol. The van der Waals surface area contributed by atoms with Crippen molar-refractivity contribution in [1.29, 1.82) is 0 Å². The number of hydrogen-bond acceptors (Lipinski definition) is 2. The lowest BCUT2D eigenvalue weighted by molar-refractivity contribution is 0.693. The first kappa shape index (κ1) is 11.0. The average Bonchev–Trinajstić information content (AvgIpc) is 2.57. The van der Waals surface area contributed by atoms with Crippen molar-refractivity contribution in [1.82, 2.24) is 9.78 Å². The van der Waals surface area contributed by atoms with Crippen molar-refractivity contribution in [2.45, 2.75) is 20.4 Å². The van der Waals surface area contributed by atoms with Gasteiger partial charge in [0.1, 0.15) is 10.8 Å². The topological polar surface area (TPSA) is 43.8 Å². The fraction of sp³-hybridized carbons (Fsp3) is 0.250. The third-order valence-electron chi connectivity index (χ3n) is 2.87. The van der Waals surface area contributed by atoms with Crippen LogP contribution in [0, 0.1) is 13.8 Å². The number of aromatic nitrogens is 2. The standard InChI is InChI=1S/C12H14ClN3/c1-8-4-3-5-10(9(8)2)7-16-12(14)11(13)6-15-16/h3-6H,7,14H2,1-2H3. The third-order valence-corrected chi connectivity index (χ3v) is 3.16. The zero-order valence-corrected chi connectivity index (χ0v) is 10.1. The molecule has 0 bridgehead atoms. The Balaban J connectivity index is 2.34. The van der Waals surface area contributed by atoms with Crippen LogP contribution in [0.1, 0.15) is 16.7 Å². The van der Waals surface area contributed by atoms with Gasteiger partial charge < -0.3 is 5.73 Å².